The molecule has 3 aromatic rings. The second-order valence-electron chi connectivity index (χ2n) is 8.71. The molecule has 3 aromatic carbocycles. The van der Waals surface area contributed by atoms with Crippen molar-refractivity contribution >= 4 is 11.7 Å². The number of carbonyl (C=O) groups is 1. The molecular weight excluding hydrogens is 438 g/mol. The number of phenolic OH excluding ortho intramolecular Hbond substituents is 2. The summed E-state index contributed by atoms with van der Waals surface area (Å²) < 4.78 is 22.2. The molecule has 0 radical (unpaired) electrons. The van der Waals surface area contributed by atoms with Crippen molar-refractivity contribution in [1.82, 2.24) is 0 Å². The monoisotopic (exact) mass is 461 g/mol. The Kier molecular flexibility index (Phi) is 4.69. The Bertz CT molecular complexity index is 1280. The van der Waals surface area contributed by atoms with E-state index in [1.54, 1.807) is 6.07 Å². The first kappa shape index (κ1) is 20.5. The minimum Gasteiger partial charge on any atom is -0.504 e. The summed E-state index contributed by atoms with van der Waals surface area (Å²) in [6, 6.07) is 16.6. The Morgan fingerprint density at radius 3 is 2.44 bits per heavy atom. The number of methoxy groups -OCH3 is 1. The third-order valence-electron chi connectivity index (χ3n) is 6.94. The highest BCUT2D eigenvalue weighted by Crippen LogP contribution is 2.56. The van der Waals surface area contributed by atoms with Gasteiger partial charge in [-0.3, -0.25) is 4.79 Å². The number of carbonyl (C=O) groups excluding carboxylic acids is 1. The lowest BCUT2D eigenvalue weighted by Crippen LogP contribution is -2.37. The highest BCUT2D eigenvalue weighted by molar-refractivity contribution is 5.79. The maximum Gasteiger partial charge on any atom is 0.310 e. The molecule has 0 aromatic heterocycles. The zero-order valence-corrected chi connectivity index (χ0v) is 18.4. The van der Waals surface area contributed by atoms with E-state index in [4.69, 9.17) is 18.9 Å². The highest BCUT2D eigenvalue weighted by atomic mass is 16.7. The second kappa shape index (κ2) is 7.76. The first-order valence-corrected chi connectivity index (χ1v) is 11.1. The van der Waals surface area contributed by atoms with Crippen LogP contribution in [0, 0.1) is 11.8 Å². The van der Waals surface area contributed by atoms with Crippen LogP contribution in [0.15, 0.2) is 54.6 Å². The van der Waals surface area contributed by atoms with Crippen molar-refractivity contribution in [3.8, 4) is 28.7 Å². The van der Waals surface area contributed by atoms with E-state index < -0.39 is 11.8 Å². The van der Waals surface area contributed by atoms with Gasteiger partial charge in [-0.2, -0.15) is 0 Å². The molecule has 0 spiro atoms. The Hall–Kier alpha value is -4.07. The third-order valence-corrected chi connectivity index (χ3v) is 6.94. The number of hydrogen-bond donors (Lipinski definition) is 3. The van der Waals surface area contributed by atoms with Gasteiger partial charge in [0.1, 0.15) is 0 Å². The smallest absolute Gasteiger partial charge is 0.310 e. The van der Waals surface area contributed by atoms with E-state index in [-0.39, 0.29) is 48.6 Å². The van der Waals surface area contributed by atoms with E-state index in [1.807, 2.05) is 42.5 Å². The molecule has 2 heterocycles. The number of aromatic hydroxyl groups is 2. The number of para-hydroxylation sites is 1. The molecule has 3 N–H and O–H groups in total. The van der Waals surface area contributed by atoms with Gasteiger partial charge < -0.3 is 34.5 Å². The highest BCUT2D eigenvalue weighted by Gasteiger charge is 2.52. The van der Waals surface area contributed by atoms with Gasteiger partial charge in [0.15, 0.2) is 23.0 Å². The molecular formula is C26H23NO7. The molecule has 0 bridgehead atoms. The van der Waals surface area contributed by atoms with E-state index in [9.17, 15) is 15.0 Å². The molecule has 3 aliphatic rings. The molecule has 174 valence electrons. The van der Waals surface area contributed by atoms with Gasteiger partial charge in [0.2, 0.25) is 12.5 Å². The summed E-state index contributed by atoms with van der Waals surface area (Å²) in [4.78, 5) is 13.1. The van der Waals surface area contributed by atoms with Crippen molar-refractivity contribution in [2.75, 3.05) is 25.8 Å². The van der Waals surface area contributed by atoms with E-state index in [2.05, 4.69) is 5.32 Å². The number of hydrogen-bond acceptors (Lipinski definition) is 8. The zero-order chi connectivity index (χ0) is 23.4. The summed E-state index contributed by atoms with van der Waals surface area (Å²) in [5, 5.41) is 24.2. The summed E-state index contributed by atoms with van der Waals surface area (Å²) >= 11 is 0. The van der Waals surface area contributed by atoms with Crippen LogP contribution in [-0.4, -0.2) is 36.7 Å². The number of fused-ring (bicyclic) bond motifs is 3. The maximum absolute atomic E-state index is 13.1. The number of benzene rings is 3. The summed E-state index contributed by atoms with van der Waals surface area (Å²) in [5.41, 5.74) is 3.39. The van der Waals surface area contributed by atoms with Crippen molar-refractivity contribution in [2.24, 2.45) is 11.8 Å². The molecule has 34 heavy (non-hydrogen) atoms. The van der Waals surface area contributed by atoms with Crippen LogP contribution in [0.1, 0.15) is 28.7 Å². The van der Waals surface area contributed by atoms with Crippen molar-refractivity contribution in [3.05, 3.63) is 71.3 Å². The van der Waals surface area contributed by atoms with Crippen LogP contribution in [0.5, 0.6) is 28.7 Å². The van der Waals surface area contributed by atoms with Gasteiger partial charge >= 0.3 is 5.97 Å². The maximum atomic E-state index is 13.1. The molecule has 1 saturated heterocycles. The fraction of sp³-hybridized carbons (Fsp3) is 0.269. The fourth-order valence-electron chi connectivity index (χ4n) is 5.41. The Labute approximate surface area is 195 Å². The summed E-state index contributed by atoms with van der Waals surface area (Å²) in [6.07, 6.45) is 0. The van der Waals surface area contributed by atoms with E-state index in [0.717, 1.165) is 16.8 Å². The predicted molar refractivity (Wildman–Crippen MR) is 121 cm³/mol. The summed E-state index contributed by atoms with van der Waals surface area (Å²) in [7, 11) is 1.41. The number of phenols is 2. The molecule has 2 aliphatic heterocycles. The number of ether oxygens (including phenoxy) is 4. The first-order chi connectivity index (χ1) is 16.5. The topological polar surface area (TPSA) is 106 Å². The van der Waals surface area contributed by atoms with Gasteiger partial charge in [0.25, 0.3) is 0 Å². The SMILES string of the molecule is COc1cc([C@@H]2c3cc4c(cc3C(Nc3ccccc3)[C@H]3COC(=O)[C@H]23)OCO4)cc(O)c1O. The predicted octanol–water partition coefficient (Wildman–Crippen LogP) is 3.92. The van der Waals surface area contributed by atoms with Crippen LogP contribution >= 0.6 is 0 Å². The molecule has 1 unspecified atom stereocenters. The van der Waals surface area contributed by atoms with Crippen molar-refractivity contribution < 1.29 is 34.0 Å². The number of rotatable bonds is 4. The lowest BCUT2D eigenvalue weighted by atomic mass is 9.65. The molecule has 4 atom stereocenters. The number of anilines is 1. The second-order valence-corrected chi connectivity index (χ2v) is 8.71. The van der Waals surface area contributed by atoms with Gasteiger partial charge in [-0.25, -0.2) is 0 Å². The molecule has 1 fully saturated rings. The zero-order valence-electron chi connectivity index (χ0n) is 18.4. The van der Waals surface area contributed by atoms with Crippen LogP contribution in [0.2, 0.25) is 0 Å². The fourth-order valence-corrected chi connectivity index (χ4v) is 5.41. The van der Waals surface area contributed by atoms with Gasteiger partial charge in [0, 0.05) is 17.5 Å². The minimum absolute atomic E-state index is 0.127. The lowest BCUT2D eigenvalue weighted by molar-refractivity contribution is -0.141. The molecule has 8 nitrogen and oxygen atoms in total. The van der Waals surface area contributed by atoms with Crippen LogP contribution in [-0.2, 0) is 9.53 Å². The molecule has 0 saturated carbocycles. The Morgan fingerprint density at radius 2 is 1.71 bits per heavy atom. The van der Waals surface area contributed by atoms with Crippen molar-refractivity contribution in [1.29, 1.82) is 0 Å². The van der Waals surface area contributed by atoms with E-state index in [0.29, 0.717) is 17.1 Å². The van der Waals surface area contributed by atoms with Gasteiger partial charge in [-0.15, -0.1) is 0 Å². The lowest BCUT2D eigenvalue weighted by Gasteiger charge is -2.40. The van der Waals surface area contributed by atoms with Crippen molar-refractivity contribution in [3.63, 3.8) is 0 Å². The Morgan fingerprint density at radius 1 is 0.971 bits per heavy atom. The van der Waals surface area contributed by atoms with Gasteiger partial charge in [0.05, 0.1) is 25.7 Å². The van der Waals surface area contributed by atoms with Crippen LogP contribution in [0.3, 0.4) is 0 Å². The number of cyclic esters (lactones) is 1. The van der Waals surface area contributed by atoms with Crippen LogP contribution < -0.4 is 19.5 Å². The van der Waals surface area contributed by atoms with E-state index in [1.165, 1.54) is 13.2 Å². The number of esters is 1. The number of nitrogens with one attached hydrogen (secondary N) is 1. The largest absolute Gasteiger partial charge is 0.504 e. The Balaban J connectivity index is 1.56. The van der Waals surface area contributed by atoms with Crippen LogP contribution in [0.4, 0.5) is 5.69 Å². The summed E-state index contributed by atoms with van der Waals surface area (Å²) in [5.74, 6) is -0.719. The normalized spacial score (nSPS) is 24.2. The summed E-state index contributed by atoms with van der Waals surface area (Å²) in [6.45, 7) is 0.391. The average Bonchev–Trinajstić information content (AvgIpc) is 3.47. The first-order valence-electron chi connectivity index (χ1n) is 11.1. The molecule has 1 aliphatic carbocycles. The average molecular weight is 461 g/mol. The molecule has 6 rings (SSSR count). The quantitative estimate of drug-likeness (QED) is 0.397. The molecule has 0 amide bonds. The van der Waals surface area contributed by atoms with Gasteiger partial charge in [-0.05, 0) is 53.1 Å². The van der Waals surface area contributed by atoms with Crippen LogP contribution in [0.25, 0.3) is 0 Å². The third kappa shape index (κ3) is 3.09. The minimum atomic E-state index is -0.511. The standard InChI is InChI=1S/C26H23NO7/c1-31-21-8-13(7-18(28)25(21)29)22-15-9-19-20(34-12-33-19)10-16(15)24(17-11-32-26(30)23(17)22)27-14-5-3-2-4-6-14/h2-10,17,22-24,27-29H,11-12H2,1H3/t17-,22+,23-,24?/m0/s1. The van der Waals surface area contributed by atoms with Crippen molar-refractivity contribution in [2.45, 2.75) is 12.0 Å². The molecule has 8 heteroatoms. The van der Waals surface area contributed by atoms with Gasteiger partial charge in [-0.1, -0.05) is 18.2 Å². The van der Waals surface area contributed by atoms with E-state index >= 15 is 0 Å².